The number of fused-ring (bicyclic) bond motifs is 1. The van der Waals surface area contributed by atoms with Crippen molar-refractivity contribution in [2.24, 2.45) is 0 Å². The van der Waals surface area contributed by atoms with Gasteiger partial charge in [0.05, 0.1) is 23.0 Å². The lowest BCUT2D eigenvalue weighted by atomic mass is 10.2. The number of aromatic nitrogens is 2. The highest BCUT2D eigenvalue weighted by Gasteiger charge is 2.28. The normalized spacial score (nSPS) is 20.4. The number of ether oxygens (including phenoxy) is 1. The number of hydrogen-bond donors (Lipinski definition) is 2. The molecule has 6 nitrogen and oxygen atoms in total. The van der Waals surface area contributed by atoms with E-state index in [1.54, 1.807) is 13.2 Å². The Morgan fingerprint density at radius 2 is 2.21 bits per heavy atom. The second-order valence-corrected chi connectivity index (χ2v) is 6.45. The first-order chi connectivity index (χ1) is 11.6. The molecule has 1 aliphatic carbocycles. The fourth-order valence-corrected chi connectivity index (χ4v) is 3.55. The Hall–Kier alpha value is -1.99. The molecule has 0 radical (unpaired) electrons. The van der Waals surface area contributed by atoms with Crippen LogP contribution in [0.3, 0.4) is 0 Å². The van der Waals surface area contributed by atoms with Gasteiger partial charge in [-0.3, -0.25) is 14.2 Å². The molecule has 1 aromatic heterocycles. The summed E-state index contributed by atoms with van der Waals surface area (Å²) in [5.41, 5.74) is 0.542. The second-order valence-electron chi connectivity index (χ2n) is 6.06. The van der Waals surface area contributed by atoms with Crippen LogP contribution in [-0.4, -0.2) is 34.7 Å². The largest absolute Gasteiger partial charge is 0.379 e. The molecule has 7 heteroatoms. The summed E-state index contributed by atoms with van der Waals surface area (Å²) in [6, 6.07) is 7.28. The summed E-state index contributed by atoms with van der Waals surface area (Å²) in [5.74, 6) is -0.0848. The van der Waals surface area contributed by atoms with Gasteiger partial charge in [0, 0.05) is 20.1 Å². The molecule has 3 rings (SSSR count). The number of nitrogens with one attached hydrogen (secondary N) is 2. The molecule has 0 bridgehead atoms. The Morgan fingerprint density at radius 1 is 1.42 bits per heavy atom. The lowest BCUT2D eigenvalue weighted by Gasteiger charge is -2.19. The highest BCUT2D eigenvalue weighted by molar-refractivity contribution is 7.71. The second kappa shape index (κ2) is 7.27. The van der Waals surface area contributed by atoms with Crippen LogP contribution in [0.5, 0.6) is 0 Å². The number of methoxy groups -OCH3 is 1. The van der Waals surface area contributed by atoms with Crippen molar-refractivity contribution in [3.05, 3.63) is 39.4 Å². The first-order valence-corrected chi connectivity index (χ1v) is 8.55. The number of hydrogen-bond acceptors (Lipinski definition) is 4. The van der Waals surface area contributed by atoms with E-state index >= 15 is 0 Å². The molecule has 0 unspecified atom stereocenters. The molecule has 1 fully saturated rings. The van der Waals surface area contributed by atoms with Crippen LogP contribution >= 0.6 is 12.2 Å². The minimum atomic E-state index is -0.169. The van der Waals surface area contributed by atoms with Crippen molar-refractivity contribution in [3.8, 4) is 0 Å². The number of carbonyl (C=O) groups excluding carboxylic acids is 1. The molecule has 2 atom stereocenters. The maximum atomic E-state index is 12.5. The third-order valence-corrected chi connectivity index (χ3v) is 4.88. The first kappa shape index (κ1) is 16.9. The van der Waals surface area contributed by atoms with E-state index in [0.717, 1.165) is 19.3 Å². The van der Waals surface area contributed by atoms with Gasteiger partial charge in [-0.1, -0.05) is 12.1 Å². The van der Waals surface area contributed by atoms with Gasteiger partial charge >= 0.3 is 0 Å². The van der Waals surface area contributed by atoms with E-state index in [9.17, 15) is 9.59 Å². The Balaban J connectivity index is 1.70. The quantitative estimate of drug-likeness (QED) is 0.813. The average Bonchev–Trinajstić information content (AvgIpc) is 3.01. The standard InChI is InChI=1S/C17H21N3O3S/c1-23-14-8-4-7-13(14)18-15(21)9-10-20-16(22)11-5-2-3-6-12(11)19-17(20)24/h2-3,5-6,13-14H,4,7-10H2,1H3,(H,18,21)(H,19,24)/t13-,14+/m0/s1. The van der Waals surface area contributed by atoms with Crippen LogP contribution in [0.15, 0.2) is 29.1 Å². The van der Waals surface area contributed by atoms with Gasteiger partial charge in [-0.05, 0) is 43.6 Å². The third-order valence-electron chi connectivity index (χ3n) is 4.55. The summed E-state index contributed by atoms with van der Waals surface area (Å²) >= 11 is 5.26. The lowest BCUT2D eigenvalue weighted by molar-refractivity contribution is -0.122. The topological polar surface area (TPSA) is 76.1 Å². The van der Waals surface area contributed by atoms with Crippen molar-refractivity contribution in [2.45, 2.75) is 44.4 Å². The van der Waals surface area contributed by atoms with Crippen LogP contribution in [0.2, 0.25) is 0 Å². The first-order valence-electron chi connectivity index (χ1n) is 8.14. The van der Waals surface area contributed by atoms with E-state index in [2.05, 4.69) is 10.3 Å². The number of amides is 1. The van der Waals surface area contributed by atoms with Crippen molar-refractivity contribution in [2.75, 3.05) is 7.11 Å². The van der Waals surface area contributed by atoms with Gasteiger partial charge in [0.25, 0.3) is 5.56 Å². The number of benzene rings is 1. The summed E-state index contributed by atoms with van der Waals surface area (Å²) in [4.78, 5) is 27.8. The van der Waals surface area contributed by atoms with Crippen LogP contribution in [0.25, 0.3) is 10.9 Å². The molecule has 24 heavy (non-hydrogen) atoms. The Kier molecular flexibility index (Phi) is 5.11. The molecule has 2 aromatic rings. The molecule has 1 saturated carbocycles. The zero-order valence-corrected chi connectivity index (χ0v) is 14.4. The Labute approximate surface area is 144 Å². The fourth-order valence-electron chi connectivity index (χ4n) is 3.27. The summed E-state index contributed by atoms with van der Waals surface area (Å²) < 4.78 is 7.16. The van der Waals surface area contributed by atoms with E-state index < -0.39 is 0 Å². The third kappa shape index (κ3) is 3.42. The minimum Gasteiger partial charge on any atom is -0.379 e. The molecule has 1 aliphatic rings. The van der Waals surface area contributed by atoms with Crippen molar-refractivity contribution >= 4 is 29.0 Å². The van der Waals surface area contributed by atoms with Gasteiger partial charge in [-0.25, -0.2) is 0 Å². The molecule has 1 heterocycles. The van der Waals surface area contributed by atoms with Gasteiger partial charge in [0.1, 0.15) is 0 Å². The zero-order chi connectivity index (χ0) is 17.1. The van der Waals surface area contributed by atoms with Crippen LogP contribution in [-0.2, 0) is 16.1 Å². The molecular weight excluding hydrogens is 326 g/mol. The molecule has 0 saturated heterocycles. The number of aromatic amines is 1. The van der Waals surface area contributed by atoms with Crippen molar-refractivity contribution in [3.63, 3.8) is 0 Å². The predicted molar refractivity (Wildman–Crippen MR) is 94.6 cm³/mol. The fraction of sp³-hybridized carbons (Fsp3) is 0.471. The maximum absolute atomic E-state index is 12.5. The van der Waals surface area contributed by atoms with Gasteiger partial charge in [0.15, 0.2) is 4.77 Å². The van der Waals surface area contributed by atoms with E-state index in [4.69, 9.17) is 17.0 Å². The van der Waals surface area contributed by atoms with E-state index in [1.165, 1.54) is 4.57 Å². The SMILES string of the molecule is CO[C@@H]1CCC[C@@H]1NC(=O)CCn1c(=S)[nH]c2ccccc2c1=O. The summed E-state index contributed by atoms with van der Waals surface area (Å²) in [6.45, 7) is 0.259. The smallest absolute Gasteiger partial charge is 0.262 e. The minimum absolute atomic E-state index is 0.0605. The Morgan fingerprint density at radius 3 is 3.00 bits per heavy atom. The molecular formula is C17H21N3O3S. The lowest BCUT2D eigenvalue weighted by Crippen LogP contribution is -2.41. The predicted octanol–water partition coefficient (Wildman–Crippen LogP) is 2.13. The van der Waals surface area contributed by atoms with Gasteiger partial charge < -0.3 is 15.0 Å². The zero-order valence-electron chi connectivity index (χ0n) is 13.6. The monoisotopic (exact) mass is 347 g/mol. The van der Waals surface area contributed by atoms with Crippen molar-refractivity contribution < 1.29 is 9.53 Å². The van der Waals surface area contributed by atoms with E-state index in [1.807, 2.05) is 18.2 Å². The molecule has 1 amide bonds. The number of para-hydroxylation sites is 1. The highest BCUT2D eigenvalue weighted by atomic mass is 32.1. The molecule has 0 spiro atoms. The number of nitrogens with zero attached hydrogens (tertiary/aromatic N) is 1. The van der Waals surface area contributed by atoms with Gasteiger partial charge in [-0.15, -0.1) is 0 Å². The highest BCUT2D eigenvalue weighted by Crippen LogP contribution is 2.21. The van der Waals surface area contributed by atoms with Crippen LogP contribution in [0.1, 0.15) is 25.7 Å². The summed E-state index contributed by atoms with van der Waals surface area (Å²) in [7, 11) is 1.67. The number of carbonyl (C=O) groups is 1. The van der Waals surface area contributed by atoms with Crippen LogP contribution in [0, 0.1) is 4.77 Å². The van der Waals surface area contributed by atoms with E-state index in [0.29, 0.717) is 15.7 Å². The number of H-pyrrole nitrogens is 1. The van der Waals surface area contributed by atoms with Gasteiger partial charge in [0.2, 0.25) is 5.91 Å². The summed E-state index contributed by atoms with van der Waals surface area (Å²) in [6.07, 6.45) is 3.25. The van der Waals surface area contributed by atoms with E-state index in [-0.39, 0.29) is 36.6 Å². The van der Waals surface area contributed by atoms with Gasteiger partial charge in [-0.2, -0.15) is 0 Å². The van der Waals surface area contributed by atoms with Crippen LogP contribution < -0.4 is 10.9 Å². The van der Waals surface area contributed by atoms with Crippen molar-refractivity contribution in [1.29, 1.82) is 0 Å². The Bertz CT molecular complexity index is 858. The number of rotatable bonds is 5. The summed E-state index contributed by atoms with van der Waals surface area (Å²) in [5, 5.41) is 3.57. The molecule has 0 aliphatic heterocycles. The maximum Gasteiger partial charge on any atom is 0.262 e. The molecule has 128 valence electrons. The molecule has 1 aromatic carbocycles. The van der Waals surface area contributed by atoms with Crippen molar-refractivity contribution in [1.82, 2.24) is 14.9 Å². The molecule has 2 N–H and O–H groups in total. The van der Waals surface area contributed by atoms with Crippen LogP contribution in [0.4, 0.5) is 0 Å². The average molecular weight is 347 g/mol.